The summed E-state index contributed by atoms with van der Waals surface area (Å²) in [5.41, 5.74) is -0.0547. The fraction of sp³-hybridized carbons (Fsp3) is 0.360. The molecule has 184 valence electrons. The monoisotopic (exact) mass is 480 g/mol. The lowest BCUT2D eigenvalue weighted by molar-refractivity contribution is 0.0782. The van der Waals surface area contributed by atoms with E-state index in [1.165, 1.54) is 18.8 Å². The molecule has 4 rings (SSSR count). The van der Waals surface area contributed by atoms with Crippen LogP contribution in [0.2, 0.25) is 0 Å². The van der Waals surface area contributed by atoms with E-state index in [0.717, 1.165) is 5.69 Å². The van der Waals surface area contributed by atoms with Gasteiger partial charge in [0.25, 0.3) is 11.5 Å². The van der Waals surface area contributed by atoms with E-state index in [0.29, 0.717) is 43.3 Å². The molecule has 1 aliphatic heterocycles. The molecule has 10 heteroatoms. The number of benzene rings is 1. The van der Waals surface area contributed by atoms with E-state index in [9.17, 15) is 14.7 Å². The molecule has 0 bridgehead atoms. The Morgan fingerprint density at radius 3 is 2.51 bits per heavy atom. The van der Waals surface area contributed by atoms with Crippen LogP contribution in [0.25, 0.3) is 5.69 Å². The second-order valence-electron chi connectivity index (χ2n) is 8.01. The van der Waals surface area contributed by atoms with Crippen LogP contribution < -0.4 is 15.0 Å². The van der Waals surface area contributed by atoms with Crippen molar-refractivity contribution in [2.75, 3.05) is 33.9 Å². The third-order valence-corrected chi connectivity index (χ3v) is 5.99. The molecule has 1 aliphatic rings. The fourth-order valence-corrected chi connectivity index (χ4v) is 4.28. The lowest BCUT2D eigenvalue weighted by Crippen LogP contribution is -2.35. The quantitative estimate of drug-likeness (QED) is 0.523. The van der Waals surface area contributed by atoms with E-state index >= 15 is 0 Å². The maximum atomic E-state index is 13.5. The number of hydrogen-bond donors (Lipinski definition) is 1. The normalized spacial score (nSPS) is 15.3. The Morgan fingerprint density at radius 1 is 1.14 bits per heavy atom. The first kappa shape index (κ1) is 24.2. The highest BCUT2D eigenvalue weighted by Gasteiger charge is 2.34. The van der Waals surface area contributed by atoms with E-state index < -0.39 is 22.9 Å². The Labute approximate surface area is 202 Å². The molecule has 0 radical (unpaired) electrons. The Morgan fingerprint density at radius 2 is 1.89 bits per heavy atom. The highest BCUT2D eigenvalue weighted by molar-refractivity contribution is 5.96. The number of amides is 1. The minimum absolute atomic E-state index is 0.0454. The van der Waals surface area contributed by atoms with Crippen LogP contribution in [0.3, 0.4) is 0 Å². The van der Waals surface area contributed by atoms with Gasteiger partial charge in [0.1, 0.15) is 29.6 Å². The average molecular weight is 481 g/mol. The van der Waals surface area contributed by atoms with Crippen LogP contribution in [0.15, 0.2) is 47.4 Å². The molecule has 1 atom stereocenters. The van der Waals surface area contributed by atoms with Crippen molar-refractivity contribution in [2.24, 2.45) is 0 Å². The molecule has 0 aliphatic carbocycles. The summed E-state index contributed by atoms with van der Waals surface area (Å²) in [6.45, 7) is 2.91. The number of rotatable bonds is 8. The van der Waals surface area contributed by atoms with Crippen molar-refractivity contribution in [3.05, 3.63) is 70.0 Å². The summed E-state index contributed by atoms with van der Waals surface area (Å²) in [6, 6.07) is 10.7. The molecule has 1 N–H and O–H groups in total. The number of para-hydroxylation sites is 1. The first-order valence-electron chi connectivity index (χ1n) is 11.3. The van der Waals surface area contributed by atoms with Gasteiger partial charge in [0.2, 0.25) is 5.88 Å². The molecule has 3 aromatic rings. The predicted molar refractivity (Wildman–Crippen MR) is 127 cm³/mol. The van der Waals surface area contributed by atoms with E-state index in [1.54, 1.807) is 36.2 Å². The first-order chi connectivity index (χ1) is 17.0. The molecule has 1 amide bonds. The van der Waals surface area contributed by atoms with Gasteiger partial charge in [-0.1, -0.05) is 12.1 Å². The van der Waals surface area contributed by atoms with Crippen molar-refractivity contribution < 1.29 is 24.1 Å². The minimum Gasteiger partial charge on any atom is -0.494 e. The molecule has 3 heterocycles. The van der Waals surface area contributed by atoms with Crippen molar-refractivity contribution >= 4 is 5.91 Å². The number of hydrogen-bond acceptors (Lipinski definition) is 8. The van der Waals surface area contributed by atoms with Crippen LogP contribution in [-0.4, -0.2) is 64.4 Å². The predicted octanol–water partition coefficient (Wildman–Crippen LogP) is 2.52. The number of nitrogens with zero attached hydrogens (tertiary/aromatic N) is 4. The van der Waals surface area contributed by atoms with E-state index in [2.05, 4.69) is 9.97 Å². The lowest BCUT2D eigenvalue weighted by atomic mass is 10.0. The molecule has 2 aromatic heterocycles. The van der Waals surface area contributed by atoms with Gasteiger partial charge >= 0.3 is 0 Å². The molecule has 1 unspecified atom stereocenters. The van der Waals surface area contributed by atoms with Gasteiger partial charge in [0, 0.05) is 37.5 Å². The zero-order chi connectivity index (χ0) is 24.9. The number of methoxy groups -OCH3 is 2. The molecular weight excluding hydrogens is 452 g/mol. The number of likely N-dealkylation sites (tertiary alicyclic amines) is 1. The Balaban J connectivity index is 1.80. The van der Waals surface area contributed by atoms with Crippen molar-refractivity contribution in [3.63, 3.8) is 0 Å². The van der Waals surface area contributed by atoms with Gasteiger partial charge < -0.3 is 24.2 Å². The van der Waals surface area contributed by atoms with Crippen LogP contribution in [0, 0.1) is 0 Å². The van der Waals surface area contributed by atoms with Crippen LogP contribution in [0.4, 0.5) is 0 Å². The number of aromatic hydroxyl groups is 1. The minimum atomic E-state index is -0.825. The summed E-state index contributed by atoms with van der Waals surface area (Å²) in [6.07, 6.45) is 2.42. The topological polar surface area (TPSA) is 116 Å². The summed E-state index contributed by atoms with van der Waals surface area (Å²) >= 11 is 0. The van der Waals surface area contributed by atoms with Crippen LogP contribution >= 0.6 is 0 Å². The second kappa shape index (κ2) is 10.6. The number of aromatic nitrogens is 3. The summed E-state index contributed by atoms with van der Waals surface area (Å²) in [7, 11) is 2.95. The number of carbonyl (C=O) groups excluding carboxylic acids is 1. The van der Waals surface area contributed by atoms with Gasteiger partial charge in [0.05, 0.1) is 14.2 Å². The van der Waals surface area contributed by atoms with Crippen LogP contribution in [-0.2, 0) is 11.3 Å². The average Bonchev–Trinajstić information content (AvgIpc) is 3.38. The smallest absolute Gasteiger partial charge is 0.289 e. The lowest BCUT2D eigenvalue weighted by Gasteiger charge is -2.22. The Kier molecular flexibility index (Phi) is 7.31. The first-order valence-corrected chi connectivity index (χ1v) is 11.3. The third-order valence-electron chi connectivity index (χ3n) is 5.99. The van der Waals surface area contributed by atoms with Gasteiger partial charge in [-0.2, -0.15) is 4.98 Å². The van der Waals surface area contributed by atoms with Gasteiger partial charge in [-0.05, 0) is 37.6 Å². The van der Waals surface area contributed by atoms with Gasteiger partial charge in [-0.15, -0.1) is 0 Å². The van der Waals surface area contributed by atoms with E-state index in [4.69, 9.17) is 14.2 Å². The summed E-state index contributed by atoms with van der Waals surface area (Å²) in [5.74, 6) is -0.265. The highest BCUT2D eigenvalue weighted by atomic mass is 16.5. The van der Waals surface area contributed by atoms with Crippen molar-refractivity contribution in [1.82, 2.24) is 19.4 Å². The maximum absolute atomic E-state index is 13.5. The summed E-state index contributed by atoms with van der Waals surface area (Å²) < 4.78 is 17.7. The molecule has 10 nitrogen and oxygen atoms in total. The summed E-state index contributed by atoms with van der Waals surface area (Å²) in [4.78, 5) is 36.5. The van der Waals surface area contributed by atoms with Gasteiger partial charge in [0.15, 0.2) is 5.56 Å². The maximum Gasteiger partial charge on any atom is 0.289 e. The zero-order valence-corrected chi connectivity index (χ0v) is 19.9. The molecule has 35 heavy (non-hydrogen) atoms. The van der Waals surface area contributed by atoms with Crippen molar-refractivity contribution in [2.45, 2.75) is 25.9 Å². The van der Waals surface area contributed by atoms with E-state index in [1.807, 2.05) is 18.2 Å². The Bertz CT molecular complexity index is 1240. The van der Waals surface area contributed by atoms with E-state index in [-0.39, 0.29) is 18.3 Å². The van der Waals surface area contributed by atoms with Crippen molar-refractivity contribution in [1.29, 1.82) is 0 Å². The SMILES string of the molecule is CCOCc1nc(=O)c(C(=O)N2CCC(c3ccccn3)C2)c(O)n1-c1c(OC)cccc1OC. The molecule has 1 fully saturated rings. The molecule has 1 aromatic carbocycles. The molecular formula is C25H28N4O6. The number of carbonyl (C=O) groups is 1. The summed E-state index contributed by atoms with van der Waals surface area (Å²) in [5, 5.41) is 11.4. The third kappa shape index (κ3) is 4.69. The Hall–Kier alpha value is -3.92. The second-order valence-corrected chi connectivity index (χ2v) is 8.01. The molecule has 1 saturated heterocycles. The highest BCUT2D eigenvalue weighted by Crippen LogP contribution is 2.37. The number of ether oxygens (including phenoxy) is 3. The zero-order valence-electron chi connectivity index (χ0n) is 19.9. The standard InChI is InChI=1S/C25H28N4O6/c1-4-35-15-20-27-23(30)21(24(31)28-13-11-16(14-28)17-8-5-6-12-26-17)25(32)29(20)22-18(33-2)9-7-10-19(22)34-3/h5-10,12,16,32H,4,11,13-15H2,1-3H3. The van der Waals surface area contributed by atoms with Crippen LogP contribution in [0.1, 0.15) is 41.1 Å². The van der Waals surface area contributed by atoms with Crippen molar-refractivity contribution in [3.8, 4) is 23.1 Å². The number of pyridine rings is 1. The molecule has 0 saturated carbocycles. The largest absolute Gasteiger partial charge is 0.494 e. The fourth-order valence-electron chi connectivity index (χ4n) is 4.28. The van der Waals surface area contributed by atoms with Gasteiger partial charge in [-0.25, -0.2) is 0 Å². The van der Waals surface area contributed by atoms with Gasteiger partial charge in [-0.3, -0.25) is 19.1 Å². The van der Waals surface area contributed by atoms with Crippen LogP contribution in [0.5, 0.6) is 17.4 Å². The molecule has 0 spiro atoms.